The largest absolute Gasteiger partial charge is 0.360 e. The van der Waals surface area contributed by atoms with Crippen molar-refractivity contribution in [2.45, 2.75) is 25.8 Å². The summed E-state index contributed by atoms with van der Waals surface area (Å²) in [4.78, 5) is 2.33. The summed E-state index contributed by atoms with van der Waals surface area (Å²) in [5, 5.41) is 6.74. The van der Waals surface area contributed by atoms with E-state index in [2.05, 4.69) is 22.5 Å². The second kappa shape index (κ2) is 6.51. The molecule has 2 aliphatic heterocycles. The van der Waals surface area contributed by atoms with Crippen molar-refractivity contribution in [3.8, 4) is 0 Å². The van der Waals surface area contributed by atoms with Crippen molar-refractivity contribution < 1.29 is 9.47 Å². The first kappa shape index (κ1) is 12.3. The zero-order valence-corrected chi connectivity index (χ0v) is 10.1. The molecule has 2 aliphatic rings. The van der Waals surface area contributed by atoms with E-state index in [0.717, 1.165) is 52.4 Å². The van der Waals surface area contributed by atoms with E-state index in [1.54, 1.807) is 0 Å². The average molecular weight is 229 g/mol. The lowest BCUT2D eigenvalue weighted by molar-refractivity contribution is -0.167. The van der Waals surface area contributed by atoms with Crippen LogP contribution in [0.5, 0.6) is 0 Å². The maximum absolute atomic E-state index is 5.80. The SMILES string of the molecule is CCCN(C1CNCCO1)C1CNCCO1. The van der Waals surface area contributed by atoms with E-state index in [1.807, 2.05) is 0 Å². The minimum absolute atomic E-state index is 0.165. The molecule has 94 valence electrons. The van der Waals surface area contributed by atoms with E-state index in [9.17, 15) is 0 Å². The van der Waals surface area contributed by atoms with Gasteiger partial charge in [-0.05, 0) is 6.42 Å². The highest BCUT2D eigenvalue weighted by molar-refractivity contribution is 4.76. The quantitative estimate of drug-likeness (QED) is 0.686. The Labute approximate surface area is 97.5 Å². The standard InChI is InChI=1S/C11H23N3O2/c1-2-5-14(10-8-12-3-6-15-10)11-9-13-4-7-16-11/h10-13H,2-9H2,1H3. The summed E-state index contributed by atoms with van der Waals surface area (Å²) in [5.41, 5.74) is 0. The van der Waals surface area contributed by atoms with Gasteiger partial charge in [-0.1, -0.05) is 6.92 Å². The van der Waals surface area contributed by atoms with Crippen molar-refractivity contribution in [1.29, 1.82) is 0 Å². The Kier molecular flexibility index (Phi) is 4.99. The minimum atomic E-state index is 0.165. The molecule has 5 nitrogen and oxygen atoms in total. The van der Waals surface area contributed by atoms with Gasteiger partial charge in [0.1, 0.15) is 12.5 Å². The minimum Gasteiger partial charge on any atom is -0.360 e. The van der Waals surface area contributed by atoms with Crippen LogP contribution in [0.4, 0.5) is 0 Å². The molecule has 0 aromatic heterocycles. The van der Waals surface area contributed by atoms with Crippen molar-refractivity contribution in [3.05, 3.63) is 0 Å². The molecule has 0 aromatic rings. The molecule has 2 fully saturated rings. The molecule has 2 rings (SSSR count). The lowest BCUT2D eigenvalue weighted by atomic mass is 10.3. The molecule has 0 radical (unpaired) electrons. The number of ether oxygens (including phenoxy) is 2. The van der Waals surface area contributed by atoms with Crippen molar-refractivity contribution in [3.63, 3.8) is 0 Å². The van der Waals surface area contributed by atoms with Crippen molar-refractivity contribution in [1.82, 2.24) is 15.5 Å². The Hall–Kier alpha value is -0.200. The highest BCUT2D eigenvalue weighted by atomic mass is 16.5. The molecule has 2 heterocycles. The maximum Gasteiger partial charge on any atom is 0.125 e. The summed E-state index contributed by atoms with van der Waals surface area (Å²) < 4.78 is 11.6. The average Bonchev–Trinajstić information content (AvgIpc) is 2.38. The fourth-order valence-electron chi connectivity index (χ4n) is 2.26. The van der Waals surface area contributed by atoms with Crippen LogP contribution in [0.25, 0.3) is 0 Å². The molecule has 0 aromatic carbocycles. The lowest BCUT2D eigenvalue weighted by Crippen LogP contribution is -2.58. The van der Waals surface area contributed by atoms with Gasteiger partial charge in [-0.15, -0.1) is 0 Å². The normalized spacial score (nSPS) is 31.9. The Balaban J connectivity index is 1.91. The second-order valence-electron chi connectivity index (χ2n) is 4.30. The number of hydrogen-bond acceptors (Lipinski definition) is 5. The Morgan fingerprint density at radius 2 is 1.62 bits per heavy atom. The van der Waals surface area contributed by atoms with Crippen LogP contribution in [-0.4, -0.2) is 63.3 Å². The Bertz CT molecular complexity index is 174. The van der Waals surface area contributed by atoms with Gasteiger partial charge in [-0.3, -0.25) is 4.90 Å². The molecule has 0 aliphatic carbocycles. The van der Waals surface area contributed by atoms with Crippen LogP contribution in [0, 0.1) is 0 Å². The second-order valence-corrected chi connectivity index (χ2v) is 4.30. The van der Waals surface area contributed by atoms with Gasteiger partial charge in [-0.25, -0.2) is 0 Å². The number of rotatable bonds is 4. The molecule has 2 atom stereocenters. The highest BCUT2D eigenvalue weighted by Gasteiger charge is 2.29. The van der Waals surface area contributed by atoms with Crippen LogP contribution in [0.3, 0.4) is 0 Å². The Morgan fingerprint density at radius 3 is 2.00 bits per heavy atom. The van der Waals surface area contributed by atoms with Crippen LogP contribution in [-0.2, 0) is 9.47 Å². The van der Waals surface area contributed by atoms with E-state index in [4.69, 9.17) is 9.47 Å². The van der Waals surface area contributed by atoms with Gasteiger partial charge < -0.3 is 20.1 Å². The molecular weight excluding hydrogens is 206 g/mol. The molecule has 0 saturated carbocycles. The van der Waals surface area contributed by atoms with E-state index in [0.29, 0.717) is 0 Å². The molecule has 2 unspecified atom stereocenters. The summed E-state index contributed by atoms with van der Waals surface area (Å²) >= 11 is 0. The fraction of sp³-hybridized carbons (Fsp3) is 1.00. The monoisotopic (exact) mass is 229 g/mol. The zero-order valence-electron chi connectivity index (χ0n) is 10.1. The van der Waals surface area contributed by atoms with Crippen molar-refractivity contribution >= 4 is 0 Å². The molecule has 0 spiro atoms. The number of hydrogen-bond donors (Lipinski definition) is 2. The summed E-state index contributed by atoms with van der Waals surface area (Å²) in [5.74, 6) is 0. The van der Waals surface area contributed by atoms with Crippen LogP contribution in [0.15, 0.2) is 0 Å². The van der Waals surface area contributed by atoms with Gasteiger partial charge in [0.25, 0.3) is 0 Å². The fourth-order valence-corrected chi connectivity index (χ4v) is 2.26. The predicted octanol–water partition coefficient (Wildman–Crippen LogP) is -0.410. The van der Waals surface area contributed by atoms with Gasteiger partial charge in [-0.2, -0.15) is 0 Å². The first-order valence-electron chi connectivity index (χ1n) is 6.32. The molecule has 2 N–H and O–H groups in total. The number of morpholine rings is 2. The van der Waals surface area contributed by atoms with Crippen LogP contribution >= 0.6 is 0 Å². The molecule has 0 amide bonds. The molecule has 16 heavy (non-hydrogen) atoms. The van der Waals surface area contributed by atoms with Crippen LogP contribution in [0.2, 0.25) is 0 Å². The third kappa shape index (κ3) is 3.15. The molecular formula is C11H23N3O2. The summed E-state index contributed by atoms with van der Waals surface area (Å²) in [6.07, 6.45) is 1.46. The summed E-state index contributed by atoms with van der Waals surface area (Å²) in [6, 6.07) is 0. The third-order valence-electron chi connectivity index (χ3n) is 3.04. The predicted molar refractivity (Wildman–Crippen MR) is 62.2 cm³/mol. The smallest absolute Gasteiger partial charge is 0.125 e. The van der Waals surface area contributed by atoms with E-state index < -0.39 is 0 Å². The van der Waals surface area contributed by atoms with Gasteiger partial charge in [0.05, 0.1) is 13.2 Å². The van der Waals surface area contributed by atoms with Gasteiger partial charge in [0, 0.05) is 32.7 Å². The van der Waals surface area contributed by atoms with Crippen molar-refractivity contribution in [2.24, 2.45) is 0 Å². The summed E-state index contributed by atoms with van der Waals surface area (Å²) in [6.45, 7) is 8.54. The van der Waals surface area contributed by atoms with Crippen LogP contribution < -0.4 is 10.6 Å². The summed E-state index contributed by atoms with van der Waals surface area (Å²) in [7, 11) is 0. The maximum atomic E-state index is 5.80. The first-order chi connectivity index (χ1) is 7.92. The zero-order chi connectivity index (χ0) is 11.2. The van der Waals surface area contributed by atoms with Gasteiger partial charge >= 0.3 is 0 Å². The first-order valence-corrected chi connectivity index (χ1v) is 6.32. The highest BCUT2D eigenvalue weighted by Crippen LogP contribution is 2.12. The number of nitrogens with zero attached hydrogens (tertiary/aromatic N) is 1. The topological polar surface area (TPSA) is 45.8 Å². The van der Waals surface area contributed by atoms with E-state index >= 15 is 0 Å². The van der Waals surface area contributed by atoms with E-state index in [1.165, 1.54) is 0 Å². The van der Waals surface area contributed by atoms with Gasteiger partial charge in [0.2, 0.25) is 0 Å². The molecule has 0 bridgehead atoms. The van der Waals surface area contributed by atoms with Crippen LogP contribution in [0.1, 0.15) is 13.3 Å². The third-order valence-corrected chi connectivity index (χ3v) is 3.04. The number of nitrogens with one attached hydrogen (secondary N) is 2. The Morgan fingerprint density at radius 1 is 1.06 bits per heavy atom. The van der Waals surface area contributed by atoms with E-state index in [-0.39, 0.29) is 12.5 Å². The molecule has 5 heteroatoms. The van der Waals surface area contributed by atoms with Gasteiger partial charge in [0.15, 0.2) is 0 Å². The molecule has 2 saturated heterocycles. The van der Waals surface area contributed by atoms with Crippen molar-refractivity contribution in [2.75, 3.05) is 45.9 Å². The lowest BCUT2D eigenvalue weighted by Gasteiger charge is -2.40.